The van der Waals surface area contributed by atoms with Crippen molar-refractivity contribution in [2.45, 2.75) is 6.42 Å². The summed E-state index contributed by atoms with van der Waals surface area (Å²) >= 11 is 0. The molecular weight excluding hydrogens is 334 g/mol. The molecule has 0 aromatic heterocycles. The Morgan fingerprint density at radius 2 is 1.19 bits per heavy atom. The Labute approximate surface area is 156 Å². The average molecular weight is 351 g/mol. The maximum absolute atomic E-state index is 12.6. The third-order valence-electron chi connectivity index (χ3n) is 5.34. The summed E-state index contributed by atoms with van der Waals surface area (Å²) in [6.45, 7) is 0.384. The summed E-state index contributed by atoms with van der Waals surface area (Å²) < 4.78 is 0. The van der Waals surface area contributed by atoms with Gasteiger partial charge in [0.15, 0.2) is 0 Å². The zero-order chi connectivity index (χ0) is 18.4. The maximum Gasteiger partial charge on any atom is 0.261 e. The highest BCUT2D eigenvalue weighted by molar-refractivity contribution is 6.21. The normalized spacial score (nSPS) is 13.6. The van der Waals surface area contributed by atoms with Gasteiger partial charge in [0.1, 0.15) is 0 Å². The second-order valence-electron chi connectivity index (χ2n) is 6.86. The van der Waals surface area contributed by atoms with Crippen molar-refractivity contribution in [1.29, 1.82) is 0 Å². The van der Waals surface area contributed by atoms with Gasteiger partial charge in [0.05, 0.1) is 11.1 Å². The number of nitrogens with zero attached hydrogens (tertiary/aromatic N) is 1. The van der Waals surface area contributed by atoms with Crippen molar-refractivity contribution >= 4 is 33.4 Å². The van der Waals surface area contributed by atoms with E-state index in [9.17, 15) is 9.59 Å². The zero-order valence-electron chi connectivity index (χ0n) is 14.7. The predicted molar refractivity (Wildman–Crippen MR) is 107 cm³/mol. The van der Waals surface area contributed by atoms with Gasteiger partial charge in [0, 0.05) is 6.54 Å². The second kappa shape index (κ2) is 6.06. The lowest BCUT2D eigenvalue weighted by Crippen LogP contribution is -2.31. The van der Waals surface area contributed by atoms with E-state index in [1.165, 1.54) is 26.4 Å². The lowest BCUT2D eigenvalue weighted by Gasteiger charge is -2.16. The van der Waals surface area contributed by atoms with Gasteiger partial charge in [-0.1, -0.05) is 66.7 Å². The summed E-state index contributed by atoms with van der Waals surface area (Å²) in [5, 5.41) is 4.77. The highest BCUT2D eigenvalue weighted by Gasteiger charge is 2.34. The van der Waals surface area contributed by atoms with Gasteiger partial charge in [-0.05, 0) is 45.7 Å². The van der Waals surface area contributed by atoms with Gasteiger partial charge in [-0.25, -0.2) is 0 Å². The van der Waals surface area contributed by atoms with Gasteiger partial charge >= 0.3 is 0 Å². The van der Waals surface area contributed by atoms with Crippen molar-refractivity contribution < 1.29 is 9.59 Å². The van der Waals surface area contributed by atoms with E-state index in [-0.39, 0.29) is 11.8 Å². The predicted octanol–water partition coefficient (Wildman–Crippen LogP) is 4.83. The fourth-order valence-electron chi connectivity index (χ4n) is 4.01. The van der Waals surface area contributed by atoms with Crippen LogP contribution in [0.2, 0.25) is 0 Å². The van der Waals surface area contributed by atoms with E-state index in [2.05, 4.69) is 30.3 Å². The van der Waals surface area contributed by atoms with Crippen molar-refractivity contribution in [3.63, 3.8) is 0 Å². The smallest absolute Gasteiger partial charge is 0.261 e. The summed E-state index contributed by atoms with van der Waals surface area (Å²) in [4.78, 5) is 26.6. The van der Waals surface area contributed by atoms with Crippen molar-refractivity contribution in [1.82, 2.24) is 4.90 Å². The van der Waals surface area contributed by atoms with Crippen LogP contribution in [0.4, 0.5) is 0 Å². The first-order valence-corrected chi connectivity index (χ1v) is 9.08. The molecular formula is C24H17NO2. The van der Waals surface area contributed by atoms with Crippen LogP contribution in [0.5, 0.6) is 0 Å². The summed E-state index contributed by atoms with van der Waals surface area (Å²) in [6.07, 6.45) is 0.636. The van der Waals surface area contributed by atoms with E-state index in [4.69, 9.17) is 0 Å². The van der Waals surface area contributed by atoms with Crippen LogP contribution in [0.15, 0.2) is 78.9 Å². The third kappa shape index (κ3) is 2.43. The summed E-state index contributed by atoms with van der Waals surface area (Å²) in [5.41, 5.74) is 2.16. The van der Waals surface area contributed by atoms with Crippen LogP contribution in [0.25, 0.3) is 21.5 Å². The molecule has 0 atom stereocenters. The molecule has 27 heavy (non-hydrogen) atoms. The van der Waals surface area contributed by atoms with Gasteiger partial charge in [0.25, 0.3) is 11.8 Å². The first-order valence-electron chi connectivity index (χ1n) is 9.08. The number of hydrogen-bond acceptors (Lipinski definition) is 2. The Bertz CT molecular complexity index is 1190. The molecule has 0 bridgehead atoms. The monoisotopic (exact) mass is 351 g/mol. The summed E-state index contributed by atoms with van der Waals surface area (Å²) in [7, 11) is 0. The Hall–Kier alpha value is -3.46. The van der Waals surface area contributed by atoms with Crippen LogP contribution < -0.4 is 0 Å². The number of carbonyl (C=O) groups is 2. The molecule has 5 rings (SSSR count). The van der Waals surface area contributed by atoms with Gasteiger partial charge < -0.3 is 0 Å². The summed E-state index contributed by atoms with van der Waals surface area (Å²) in [6, 6.07) is 25.8. The van der Waals surface area contributed by atoms with Crippen molar-refractivity contribution in [3.05, 3.63) is 95.6 Å². The number of hydrogen-bond donors (Lipinski definition) is 0. The largest absolute Gasteiger partial charge is 0.274 e. The average Bonchev–Trinajstić information content (AvgIpc) is 2.97. The molecule has 130 valence electrons. The lowest BCUT2D eigenvalue weighted by molar-refractivity contribution is 0.0656. The molecule has 2 amide bonds. The van der Waals surface area contributed by atoms with Crippen LogP contribution in [-0.4, -0.2) is 23.3 Å². The van der Waals surface area contributed by atoms with Crippen molar-refractivity contribution in [3.8, 4) is 0 Å². The Morgan fingerprint density at radius 3 is 1.89 bits per heavy atom. The summed E-state index contributed by atoms with van der Waals surface area (Å²) in [5.74, 6) is -0.388. The minimum atomic E-state index is -0.194. The Morgan fingerprint density at radius 1 is 0.630 bits per heavy atom. The number of rotatable bonds is 3. The third-order valence-corrected chi connectivity index (χ3v) is 5.34. The fraction of sp³-hybridized carbons (Fsp3) is 0.0833. The van der Waals surface area contributed by atoms with Gasteiger partial charge in [0.2, 0.25) is 0 Å². The molecule has 0 N–H and O–H groups in total. The first-order chi connectivity index (χ1) is 13.2. The molecule has 0 saturated heterocycles. The van der Waals surface area contributed by atoms with E-state index in [0.29, 0.717) is 24.1 Å². The quantitative estimate of drug-likeness (QED) is 0.391. The van der Waals surface area contributed by atoms with E-state index in [0.717, 1.165) is 5.56 Å². The van der Waals surface area contributed by atoms with Crippen LogP contribution in [0.1, 0.15) is 26.3 Å². The van der Waals surface area contributed by atoms with Crippen LogP contribution in [0.3, 0.4) is 0 Å². The lowest BCUT2D eigenvalue weighted by atomic mass is 9.95. The standard InChI is InChI=1S/C24H17NO2/c26-23-21-11-5-6-12-22(21)24(27)25(23)14-13-17-15-16-7-1-2-8-18(16)20-10-4-3-9-19(17)20/h1-12,15H,13-14H2. The molecule has 3 heteroatoms. The molecule has 3 nitrogen and oxygen atoms in total. The zero-order valence-corrected chi connectivity index (χ0v) is 14.7. The molecule has 1 heterocycles. The first kappa shape index (κ1) is 15.8. The van der Waals surface area contributed by atoms with Crippen LogP contribution in [-0.2, 0) is 6.42 Å². The minimum absolute atomic E-state index is 0.194. The fourth-order valence-corrected chi connectivity index (χ4v) is 4.01. The molecule has 4 aromatic carbocycles. The molecule has 0 spiro atoms. The van der Waals surface area contributed by atoms with Gasteiger partial charge in [-0.2, -0.15) is 0 Å². The highest BCUT2D eigenvalue weighted by Crippen LogP contribution is 2.30. The van der Waals surface area contributed by atoms with E-state index in [1.807, 2.05) is 24.3 Å². The Balaban J connectivity index is 1.52. The molecule has 4 aromatic rings. The van der Waals surface area contributed by atoms with E-state index < -0.39 is 0 Å². The SMILES string of the molecule is O=C1c2ccccc2C(=O)N1CCc1cc2ccccc2c2ccccc12. The minimum Gasteiger partial charge on any atom is -0.274 e. The molecule has 1 aliphatic rings. The molecule has 0 radical (unpaired) electrons. The molecule has 0 fully saturated rings. The molecule has 0 saturated carbocycles. The molecule has 0 unspecified atom stereocenters. The molecule has 0 aliphatic carbocycles. The second-order valence-corrected chi connectivity index (χ2v) is 6.86. The van der Waals surface area contributed by atoms with Gasteiger partial charge in [-0.3, -0.25) is 14.5 Å². The van der Waals surface area contributed by atoms with Crippen LogP contribution in [0, 0.1) is 0 Å². The van der Waals surface area contributed by atoms with Gasteiger partial charge in [-0.15, -0.1) is 0 Å². The number of imide groups is 1. The topological polar surface area (TPSA) is 37.4 Å². The molecule has 1 aliphatic heterocycles. The number of carbonyl (C=O) groups excluding carboxylic acids is 2. The maximum atomic E-state index is 12.6. The van der Waals surface area contributed by atoms with E-state index in [1.54, 1.807) is 24.3 Å². The number of benzene rings is 4. The van der Waals surface area contributed by atoms with Crippen LogP contribution >= 0.6 is 0 Å². The Kier molecular flexibility index (Phi) is 3.54. The van der Waals surface area contributed by atoms with E-state index >= 15 is 0 Å². The van der Waals surface area contributed by atoms with Crippen molar-refractivity contribution in [2.24, 2.45) is 0 Å². The van der Waals surface area contributed by atoms with Crippen molar-refractivity contribution in [2.75, 3.05) is 6.54 Å². The number of amides is 2. The number of fused-ring (bicyclic) bond motifs is 4. The highest BCUT2D eigenvalue weighted by atomic mass is 16.2.